The highest BCUT2D eigenvalue weighted by molar-refractivity contribution is 5.85. The number of benzene rings is 1. The Morgan fingerprint density at radius 2 is 1.91 bits per heavy atom. The Hall–Kier alpha value is -1.01. The van der Waals surface area contributed by atoms with Crippen LogP contribution in [0.5, 0.6) is 11.5 Å². The van der Waals surface area contributed by atoms with E-state index in [9.17, 15) is 10.2 Å². The monoisotopic (exact) mass is 330 g/mol. The van der Waals surface area contributed by atoms with Crippen molar-refractivity contribution < 1.29 is 14.9 Å². The maximum atomic E-state index is 10.2. The van der Waals surface area contributed by atoms with Crippen molar-refractivity contribution in [2.24, 2.45) is 0 Å². The van der Waals surface area contributed by atoms with E-state index in [0.717, 1.165) is 31.7 Å². The van der Waals surface area contributed by atoms with Crippen molar-refractivity contribution in [2.45, 2.75) is 32.4 Å². The topological polar surface area (TPSA) is 65.0 Å². The fourth-order valence-electron chi connectivity index (χ4n) is 2.62. The summed E-state index contributed by atoms with van der Waals surface area (Å²) in [5.74, 6) is 0.915. The fraction of sp³-hybridized carbons (Fsp3) is 0.625. The molecular formula is C16H27ClN2O3. The van der Waals surface area contributed by atoms with Crippen LogP contribution < -0.4 is 10.1 Å². The summed E-state index contributed by atoms with van der Waals surface area (Å²) in [6.45, 7) is 9.44. The van der Waals surface area contributed by atoms with Gasteiger partial charge >= 0.3 is 0 Å². The molecule has 0 bridgehead atoms. The van der Waals surface area contributed by atoms with Crippen molar-refractivity contribution in [3.63, 3.8) is 0 Å². The lowest BCUT2D eigenvalue weighted by atomic mass is 10.0. The van der Waals surface area contributed by atoms with Gasteiger partial charge in [-0.2, -0.15) is 0 Å². The molecule has 0 amide bonds. The minimum Gasteiger partial charge on any atom is -0.508 e. The normalized spacial score (nSPS) is 17.6. The van der Waals surface area contributed by atoms with Gasteiger partial charge in [-0.15, -0.1) is 12.4 Å². The highest BCUT2D eigenvalue weighted by atomic mass is 35.5. The number of halogens is 1. The number of aliphatic hydroxyl groups is 1. The number of hydrogen-bond acceptors (Lipinski definition) is 5. The van der Waals surface area contributed by atoms with Gasteiger partial charge in [0.2, 0.25) is 0 Å². The lowest BCUT2D eigenvalue weighted by molar-refractivity contribution is 0.107. The summed E-state index contributed by atoms with van der Waals surface area (Å²) in [6, 6.07) is 5.04. The molecule has 1 atom stereocenters. The van der Waals surface area contributed by atoms with Gasteiger partial charge in [0.15, 0.2) is 0 Å². The Kier molecular flexibility index (Phi) is 6.94. The first-order chi connectivity index (χ1) is 9.90. The van der Waals surface area contributed by atoms with Gasteiger partial charge in [0, 0.05) is 31.7 Å². The van der Waals surface area contributed by atoms with E-state index in [2.05, 4.69) is 10.2 Å². The molecule has 22 heavy (non-hydrogen) atoms. The maximum absolute atomic E-state index is 10.2. The van der Waals surface area contributed by atoms with Crippen LogP contribution in [-0.2, 0) is 0 Å². The second-order valence-electron chi connectivity index (χ2n) is 6.42. The zero-order valence-electron chi connectivity index (χ0n) is 13.5. The number of aromatic hydroxyl groups is 1. The first-order valence-electron chi connectivity index (χ1n) is 7.48. The summed E-state index contributed by atoms with van der Waals surface area (Å²) < 4.78 is 5.86. The van der Waals surface area contributed by atoms with Crippen LogP contribution in [0.1, 0.15) is 32.4 Å². The van der Waals surface area contributed by atoms with Crippen LogP contribution >= 0.6 is 12.4 Å². The van der Waals surface area contributed by atoms with Crippen LogP contribution in [0.2, 0.25) is 0 Å². The van der Waals surface area contributed by atoms with E-state index in [-0.39, 0.29) is 36.4 Å². The molecule has 1 fully saturated rings. The lowest BCUT2D eigenvalue weighted by Gasteiger charge is -2.34. The van der Waals surface area contributed by atoms with Gasteiger partial charge in [0.05, 0.1) is 12.6 Å². The summed E-state index contributed by atoms with van der Waals surface area (Å²) >= 11 is 0. The molecule has 5 nitrogen and oxygen atoms in total. The van der Waals surface area contributed by atoms with Crippen molar-refractivity contribution in [1.29, 1.82) is 0 Å². The first-order valence-corrected chi connectivity index (χ1v) is 7.48. The Bertz CT molecular complexity index is 471. The molecule has 0 spiro atoms. The third-order valence-corrected chi connectivity index (χ3v) is 3.55. The maximum Gasteiger partial charge on any atom is 0.120 e. The van der Waals surface area contributed by atoms with Gasteiger partial charge in [-0.3, -0.25) is 4.90 Å². The van der Waals surface area contributed by atoms with Crippen LogP contribution in [0.25, 0.3) is 0 Å². The average Bonchev–Trinajstić information content (AvgIpc) is 2.43. The molecule has 0 saturated carbocycles. The Labute approximate surface area is 138 Å². The van der Waals surface area contributed by atoms with Crippen molar-refractivity contribution in [2.75, 3.05) is 32.8 Å². The molecule has 0 unspecified atom stereocenters. The summed E-state index contributed by atoms with van der Waals surface area (Å²) in [5.41, 5.74) is 0.430. The number of nitrogens with zero attached hydrogens (tertiary/aromatic N) is 1. The van der Waals surface area contributed by atoms with Gasteiger partial charge in [0.25, 0.3) is 0 Å². The van der Waals surface area contributed by atoms with Crippen LogP contribution in [0, 0.1) is 0 Å². The van der Waals surface area contributed by atoms with Crippen LogP contribution in [0.15, 0.2) is 18.2 Å². The second-order valence-corrected chi connectivity index (χ2v) is 6.42. The third-order valence-electron chi connectivity index (χ3n) is 3.55. The molecule has 1 aromatic carbocycles. The first kappa shape index (κ1) is 19.0. The number of nitrogens with one attached hydrogen (secondary N) is 1. The number of phenolic OH excluding ortho intramolecular Hbond substituents is 1. The lowest BCUT2D eigenvalue weighted by Crippen LogP contribution is -2.46. The molecule has 1 aliphatic rings. The molecule has 0 aromatic heterocycles. The Morgan fingerprint density at radius 3 is 2.45 bits per heavy atom. The standard InChI is InChI=1S/C16H26N2O3.ClH/c1-16(2,3)21-12-4-5-15(20)13(10-12)14(11-19)18-8-6-17-7-9-18;/h4-5,10,14,17,19-20H,6-9,11H2,1-3H3;1H/t14-;/m0./s1. The number of aliphatic hydroxyl groups excluding tert-OH is 1. The zero-order chi connectivity index (χ0) is 15.5. The molecule has 6 heteroatoms. The van der Waals surface area contributed by atoms with Crippen molar-refractivity contribution in [1.82, 2.24) is 10.2 Å². The molecule has 1 heterocycles. The molecule has 0 radical (unpaired) electrons. The van der Waals surface area contributed by atoms with E-state index < -0.39 is 0 Å². The molecule has 1 aromatic rings. The van der Waals surface area contributed by atoms with E-state index in [4.69, 9.17) is 4.74 Å². The summed E-state index contributed by atoms with van der Waals surface area (Å²) in [5, 5.41) is 23.2. The van der Waals surface area contributed by atoms with Crippen molar-refractivity contribution in [3.05, 3.63) is 23.8 Å². The Balaban J connectivity index is 0.00000242. The Morgan fingerprint density at radius 1 is 1.27 bits per heavy atom. The smallest absolute Gasteiger partial charge is 0.120 e. The largest absolute Gasteiger partial charge is 0.508 e. The predicted molar refractivity (Wildman–Crippen MR) is 90.0 cm³/mol. The van der Waals surface area contributed by atoms with Crippen LogP contribution in [0.3, 0.4) is 0 Å². The van der Waals surface area contributed by atoms with Crippen LogP contribution in [0.4, 0.5) is 0 Å². The van der Waals surface area contributed by atoms with Crippen molar-refractivity contribution >= 4 is 12.4 Å². The number of ether oxygens (including phenoxy) is 1. The molecule has 0 aliphatic carbocycles. The highest BCUT2D eigenvalue weighted by Gasteiger charge is 2.24. The SMILES string of the molecule is CC(C)(C)Oc1ccc(O)c([C@H](CO)N2CCNCC2)c1.Cl. The summed E-state index contributed by atoms with van der Waals surface area (Å²) in [7, 11) is 0. The second kappa shape index (κ2) is 8.02. The van der Waals surface area contributed by atoms with E-state index >= 15 is 0 Å². The van der Waals surface area contributed by atoms with Crippen LogP contribution in [-0.4, -0.2) is 53.5 Å². The van der Waals surface area contributed by atoms with E-state index in [1.807, 2.05) is 26.8 Å². The molecular weight excluding hydrogens is 304 g/mol. The molecule has 126 valence electrons. The highest BCUT2D eigenvalue weighted by Crippen LogP contribution is 2.33. The number of rotatable bonds is 4. The van der Waals surface area contributed by atoms with Gasteiger partial charge in [0.1, 0.15) is 17.1 Å². The third kappa shape index (κ3) is 5.02. The van der Waals surface area contributed by atoms with E-state index in [1.54, 1.807) is 12.1 Å². The van der Waals surface area contributed by atoms with Gasteiger partial charge in [-0.1, -0.05) is 0 Å². The molecule has 1 saturated heterocycles. The average molecular weight is 331 g/mol. The number of phenols is 1. The summed E-state index contributed by atoms with van der Waals surface area (Å²) in [6.07, 6.45) is 0. The summed E-state index contributed by atoms with van der Waals surface area (Å²) in [4.78, 5) is 2.19. The van der Waals surface area contributed by atoms with Gasteiger partial charge < -0.3 is 20.3 Å². The molecule has 3 N–H and O–H groups in total. The van der Waals surface area contributed by atoms with Gasteiger partial charge in [-0.05, 0) is 39.0 Å². The van der Waals surface area contributed by atoms with E-state index in [1.165, 1.54) is 0 Å². The fourth-order valence-corrected chi connectivity index (χ4v) is 2.62. The predicted octanol–water partition coefficient (Wildman–Crippen LogP) is 1.93. The number of hydrogen-bond donors (Lipinski definition) is 3. The van der Waals surface area contributed by atoms with E-state index in [0.29, 0.717) is 5.75 Å². The zero-order valence-corrected chi connectivity index (χ0v) is 14.3. The minimum atomic E-state index is -0.294. The quantitative estimate of drug-likeness (QED) is 0.787. The molecule has 1 aliphatic heterocycles. The minimum absolute atomic E-state index is 0. The van der Waals surface area contributed by atoms with Crippen molar-refractivity contribution in [3.8, 4) is 11.5 Å². The molecule has 2 rings (SSSR count). The van der Waals surface area contributed by atoms with Gasteiger partial charge in [-0.25, -0.2) is 0 Å². The number of piperazine rings is 1.